The van der Waals surface area contributed by atoms with E-state index in [9.17, 15) is 8.96 Å². The molecule has 6 heteroatoms. The van der Waals surface area contributed by atoms with Crippen LogP contribution >= 0.6 is 7.82 Å². The van der Waals surface area contributed by atoms with Gasteiger partial charge in [-0.1, -0.05) is 0 Å². The van der Waals surface area contributed by atoms with Crippen molar-refractivity contribution in [1.29, 1.82) is 0 Å². The molecule has 1 aliphatic rings. The fourth-order valence-electron chi connectivity index (χ4n) is 1.13. The number of benzene rings is 1. The van der Waals surface area contributed by atoms with Crippen LogP contribution in [0.25, 0.3) is 0 Å². The van der Waals surface area contributed by atoms with Crippen molar-refractivity contribution in [2.45, 2.75) is 6.42 Å². The van der Waals surface area contributed by atoms with Crippen molar-refractivity contribution in [3.8, 4) is 5.75 Å². The summed E-state index contributed by atoms with van der Waals surface area (Å²) in [5.74, 6) is -0.118. The molecule has 0 atom stereocenters. The molecule has 0 unspecified atom stereocenters. The zero-order valence-corrected chi connectivity index (χ0v) is 8.78. The predicted molar refractivity (Wildman–Crippen MR) is 51.2 cm³/mol. The molecule has 0 spiro atoms. The van der Waals surface area contributed by atoms with Gasteiger partial charge in [-0.15, -0.1) is 0 Å². The van der Waals surface area contributed by atoms with E-state index in [2.05, 4.69) is 0 Å². The average molecular weight is 232 g/mol. The van der Waals surface area contributed by atoms with E-state index in [1.165, 1.54) is 24.3 Å². The minimum absolute atomic E-state index is 0.265. The summed E-state index contributed by atoms with van der Waals surface area (Å²) in [6, 6.07) is 5.17. The Morgan fingerprint density at radius 1 is 1.20 bits per heavy atom. The monoisotopic (exact) mass is 232 g/mol. The lowest BCUT2D eigenvalue weighted by Gasteiger charge is -2.22. The van der Waals surface area contributed by atoms with Crippen molar-refractivity contribution in [2.24, 2.45) is 0 Å². The number of hydrogen-bond acceptors (Lipinski definition) is 4. The Hall–Kier alpha value is -0.900. The Morgan fingerprint density at radius 3 is 2.40 bits per heavy atom. The van der Waals surface area contributed by atoms with Gasteiger partial charge in [0.1, 0.15) is 11.6 Å². The van der Waals surface area contributed by atoms with E-state index in [1.54, 1.807) is 0 Å². The minimum Gasteiger partial charge on any atom is -0.404 e. The van der Waals surface area contributed by atoms with Gasteiger partial charge in [0.2, 0.25) is 0 Å². The Labute approximate surface area is 86.6 Å². The lowest BCUT2D eigenvalue weighted by molar-refractivity contribution is 0.107. The van der Waals surface area contributed by atoms with Gasteiger partial charge in [0.25, 0.3) is 0 Å². The molecule has 0 radical (unpaired) electrons. The second kappa shape index (κ2) is 4.31. The van der Waals surface area contributed by atoms with E-state index in [0.29, 0.717) is 19.6 Å². The van der Waals surface area contributed by atoms with Crippen LogP contribution in [0.2, 0.25) is 0 Å². The molecule has 1 aromatic carbocycles. The van der Waals surface area contributed by atoms with Crippen molar-refractivity contribution in [2.75, 3.05) is 13.2 Å². The summed E-state index contributed by atoms with van der Waals surface area (Å²) in [6.45, 7) is 0.691. The highest BCUT2D eigenvalue weighted by molar-refractivity contribution is 7.49. The molecule has 0 bridgehead atoms. The third-order valence-electron chi connectivity index (χ3n) is 1.82. The van der Waals surface area contributed by atoms with Crippen LogP contribution in [-0.4, -0.2) is 13.2 Å². The number of halogens is 1. The molecular formula is C9H10FO4P. The van der Waals surface area contributed by atoms with Gasteiger partial charge in [0.05, 0.1) is 13.2 Å². The number of phosphoric ester groups is 1. The van der Waals surface area contributed by atoms with Gasteiger partial charge in [-0.3, -0.25) is 9.05 Å². The first-order valence-corrected chi connectivity index (χ1v) is 5.98. The summed E-state index contributed by atoms with van der Waals surface area (Å²) in [7, 11) is -3.47. The lowest BCUT2D eigenvalue weighted by atomic mass is 10.3. The molecule has 15 heavy (non-hydrogen) atoms. The van der Waals surface area contributed by atoms with E-state index >= 15 is 0 Å². The van der Waals surface area contributed by atoms with Crippen LogP contribution in [0, 0.1) is 5.82 Å². The molecule has 0 aliphatic carbocycles. The van der Waals surface area contributed by atoms with Gasteiger partial charge in [0, 0.05) is 0 Å². The molecule has 2 rings (SSSR count). The molecule has 1 saturated heterocycles. The van der Waals surface area contributed by atoms with Crippen molar-refractivity contribution in [3.63, 3.8) is 0 Å². The molecule has 0 aromatic heterocycles. The van der Waals surface area contributed by atoms with E-state index in [4.69, 9.17) is 13.6 Å². The highest BCUT2D eigenvalue weighted by Crippen LogP contribution is 2.51. The van der Waals surface area contributed by atoms with E-state index in [-0.39, 0.29) is 11.6 Å². The maximum absolute atomic E-state index is 12.6. The van der Waals surface area contributed by atoms with E-state index in [1.807, 2.05) is 0 Å². The van der Waals surface area contributed by atoms with Crippen molar-refractivity contribution < 1.29 is 22.5 Å². The van der Waals surface area contributed by atoms with Crippen LogP contribution in [0.1, 0.15) is 6.42 Å². The van der Waals surface area contributed by atoms with Crippen LogP contribution in [0.15, 0.2) is 24.3 Å². The molecule has 4 nitrogen and oxygen atoms in total. The summed E-state index contributed by atoms with van der Waals surface area (Å²) in [5.41, 5.74) is 0. The molecule has 0 amide bonds. The lowest BCUT2D eigenvalue weighted by Crippen LogP contribution is -2.11. The van der Waals surface area contributed by atoms with Crippen LogP contribution in [0.3, 0.4) is 0 Å². The largest absolute Gasteiger partial charge is 0.530 e. The molecule has 1 fully saturated rings. The van der Waals surface area contributed by atoms with Gasteiger partial charge in [-0.2, -0.15) is 0 Å². The quantitative estimate of drug-likeness (QED) is 0.735. The Morgan fingerprint density at radius 2 is 1.80 bits per heavy atom. The van der Waals surface area contributed by atoms with Crippen molar-refractivity contribution in [3.05, 3.63) is 30.1 Å². The molecule has 0 N–H and O–H groups in total. The molecule has 1 aromatic rings. The van der Waals surface area contributed by atoms with Crippen LogP contribution in [0.5, 0.6) is 5.75 Å². The van der Waals surface area contributed by atoms with Crippen molar-refractivity contribution >= 4 is 7.82 Å². The third kappa shape index (κ3) is 2.78. The summed E-state index contributed by atoms with van der Waals surface area (Å²) < 4.78 is 39.2. The summed E-state index contributed by atoms with van der Waals surface area (Å²) in [4.78, 5) is 0. The second-order valence-electron chi connectivity index (χ2n) is 3.01. The summed E-state index contributed by atoms with van der Waals surface area (Å²) in [5, 5.41) is 0. The van der Waals surface area contributed by atoms with E-state index < -0.39 is 7.82 Å². The maximum atomic E-state index is 12.6. The Balaban J connectivity index is 2.07. The van der Waals surface area contributed by atoms with E-state index in [0.717, 1.165) is 0 Å². The molecular weight excluding hydrogens is 222 g/mol. The second-order valence-corrected chi connectivity index (χ2v) is 4.61. The zero-order chi connectivity index (χ0) is 10.7. The molecule has 1 aliphatic heterocycles. The number of hydrogen-bond donors (Lipinski definition) is 0. The van der Waals surface area contributed by atoms with Crippen LogP contribution < -0.4 is 4.52 Å². The number of phosphoric acid groups is 1. The highest BCUT2D eigenvalue weighted by atomic mass is 31.2. The highest BCUT2D eigenvalue weighted by Gasteiger charge is 2.31. The van der Waals surface area contributed by atoms with Gasteiger partial charge < -0.3 is 4.52 Å². The summed E-state index contributed by atoms with van der Waals surface area (Å²) >= 11 is 0. The Kier molecular flexibility index (Phi) is 3.05. The third-order valence-corrected chi connectivity index (χ3v) is 3.25. The smallest absolute Gasteiger partial charge is 0.404 e. The first-order chi connectivity index (χ1) is 7.18. The van der Waals surface area contributed by atoms with Gasteiger partial charge in [-0.25, -0.2) is 8.96 Å². The zero-order valence-electron chi connectivity index (χ0n) is 7.89. The molecule has 1 heterocycles. The minimum atomic E-state index is -3.47. The fourth-order valence-corrected chi connectivity index (χ4v) is 2.39. The standard InChI is InChI=1S/C9H10FO4P/c10-8-2-4-9(5-3-8)14-15(11)12-6-1-7-13-15/h2-5H,1,6-7H2. The van der Waals surface area contributed by atoms with Gasteiger partial charge >= 0.3 is 7.82 Å². The van der Waals surface area contributed by atoms with Gasteiger partial charge in [0.15, 0.2) is 0 Å². The molecule has 0 saturated carbocycles. The SMILES string of the molecule is O=P1(Oc2ccc(F)cc2)OCCCO1. The topological polar surface area (TPSA) is 44.8 Å². The predicted octanol–water partition coefficient (Wildman–Crippen LogP) is 2.75. The fraction of sp³-hybridized carbons (Fsp3) is 0.333. The molecule has 82 valence electrons. The van der Waals surface area contributed by atoms with Gasteiger partial charge in [-0.05, 0) is 30.7 Å². The first kappa shape index (κ1) is 10.6. The van der Waals surface area contributed by atoms with Crippen LogP contribution in [0.4, 0.5) is 4.39 Å². The summed E-state index contributed by atoms with van der Waals surface area (Å²) in [6.07, 6.45) is 0.691. The Bertz CT molecular complexity index is 368. The van der Waals surface area contributed by atoms with Crippen molar-refractivity contribution in [1.82, 2.24) is 0 Å². The van der Waals surface area contributed by atoms with Crippen LogP contribution in [-0.2, 0) is 13.6 Å². The average Bonchev–Trinajstić information content (AvgIpc) is 2.22. The first-order valence-electron chi connectivity index (χ1n) is 4.52. The normalized spacial score (nSPS) is 19.8. The maximum Gasteiger partial charge on any atom is 0.530 e. The number of rotatable bonds is 2.